The lowest BCUT2D eigenvalue weighted by molar-refractivity contribution is -0.137. The van der Waals surface area contributed by atoms with Gasteiger partial charge in [0.2, 0.25) is 0 Å². The van der Waals surface area contributed by atoms with Crippen molar-refractivity contribution < 1.29 is 19.1 Å². The van der Waals surface area contributed by atoms with Gasteiger partial charge in [-0.3, -0.25) is 9.59 Å². The number of carbonyl (C=O) groups excluding carboxylic acids is 2. The molecule has 0 fully saturated rings. The first-order chi connectivity index (χ1) is 14.6. The van der Waals surface area contributed by atoms with Gasteiger partial charge in [-0.1, -0.05) is 84.6 Å². The van der Waals surface area contributed by atoms with Crippen molar-refractivity contribution in [3.8, 4) is 11.5 Å². The summed E-state index contributed by atoms with van der Waals surface area (Å²) in [5.41, 5.74) is 1.10. The highest BCUT2D eigenvalue weighted by atomic mass is 16.6. The summed E-state index contributed by atoms with van der Waals surface area (Å²) in [6, 6.07) is 5.58. The molecule has 0 spiro atoms. The van der Waals surface area contributed by atoms with Gasteiger partial charge >= 0.3 is 11.9 Å². The standard InChI is InChI=1S/C26H42O4/c1-4-7-10-12-14-17-25(27)29-23-20-19-22(16-9-6-3)21-24(23)30-26(28)18-15-13-11-8-5-2/h19-21H,4-18H2,1-3H3. The lowest BCUT2D eigenvalue weighted by Crippen LogP contribution is -2.12. The minimum Gasteiger partial charge on any atom is -0.423 e. The quantitative estimate of drug-likeness (QED) is 0.149. The van der Waals surface area contributed by atoms with E-state index >= 15 is 0 Å². The fourth-order valence-corrected chi connectivity index (χ4v) is 3.35. The molecule has 0 radical (unpaired) electrons. The molecule has 4 heteroatoms. The van der Waals surface area contributed by atoms with Crippen molar-refractivity contribution in [3.05, 3.63) is 23.8 Å². The molecular weight excluding hydrogens is 376 g/mol. The summed E-state index contributed by atoms with van der Waals surface area (Å²) in [6.45, 7) is 6.50. The van der Waals surface area contributed by atoms with Gasteiger partial charge in [-0.25, -0.2) is 0 Å². The third kappa shape index (κ3) is 12.0. The van der Waals surface area contributed by atoms with Crippen LogP contribution in [0, 0.1) is 0 Å². The molecule has 0 atom stereocenters. The van der Waals surface area contributed by atoms with Crippen molar-refractivity contribution in [1.29, 1.82) is 0 Å². The first-order valence-corrected chi connectivity index (χ1v) is 12.1. The Hall–Kier alpha value is -1.84. The van der Waals surface area contributed by atoms with Crippen LogP contribution >= 0.6 is 0 Å². The summed E-state index contributed by atoms with van der Waals surface area (Å²) in [7, 11) is 0. The zero-order chi connectivity index (χ0) is 22.0. The highest BCUT2D eigenvalue weighted by Gasteiger charge is 2.15. The van der Waals surface area contributed by atoms with Crippen molar-refractivity contribution in [2.45, 2.75) is 117 Å². The third-order valence-electron chi connectivity index (χ3n) is 5.24. The molecule has 0 unspecified atom stereocenters. The molecule has 4 nitrogen and oxygen atoms in total. The van der Waals surface area contributed by atoms with E-state index in [1.165, 1.54) is 25.7 Å². The van der Waals surface area contributed by atoms with Gasteiger partial charge in [0.05, 0.1) is 0 Å². The van der Waals surface area contributed by atoms with Gasteiger partial charge in [-0.05, 0) is 43.4 Å². The van der Waals surface area contributed by atoms with Gasteiger partial charge in [0, 0.05) is 12.8 Å². The molecule has 0 aromatic heterocycles. The zero-order valence-corrected chi connectivity index (χ0v) is 19.5. The Labute approximate surface area is 183 Å². The zero-order valence-electron chi connectivity index (χ0n) is 19.5. The Morgan fingerprint density at radius 2 is 1.13 bits per heavy atom. The molecule has 0 amide bonds. The fourth-order valence-electron chi connectivity index (χ4n) is 3.35. The number of hydrogen-bond acceptors (Lipinski definition) is 4. The third-order valence-corrected chi connectivity index (χ3v) is 5.24. The van der Waals surface area contributed by atoms with Gasteiger partial charge in [-0.15, -0.1) is 0 Å². The highest BCUT2D eigenvalue weighted by Crippen LogP contribution is 2.30. The summed E-state index contributed by atoms with van der Waals surface area (Å²) < 4.78 is 11.2. The lowest BCUT2D eigenvalue weighted by atomic mass is 10.1. The molecule has 1 rings (SSSR count). The predicted octanol–water partition coefficient (Wildman–Crippen LogP) is 7.56. The van der Waals surface area contributed by atoms with Crippen molar-refractivity contribution in [2.75, 3.05) is 0 Å². The van der Waals surface area contributed by atoms with Gasteiger partial charge < -0.3 is 9.47 Å². The fraction of sp³-hybridized carbons (Fsp3) is 0.692. The molecular formula is C26H42O4. The molecule has 1 aromatic carbocycles. The molecule has 170 valence electrons. The summed E-state index contributed by atoms with van der Waals surface area (Å²) >= 11 is 0. The van der Waals surface area contributed by atoms with E-state index in [1.54, 1.807) is 6.07 Å². The van der Waals surface area contributed by atoms with Crippen LogP contribution in [0.5, 0.6) is 11.5 Å². The molecule has 0 aliphatic carbocycles. The van der Waals surface area contributed by atoms with Gasteiger partial charge in [0.15, 0.2) is 11.5 Å². The number of aryl methyl sites for hydroxylation is 1. The largest absolute Gasteiger partial charge is 0.423 e. The summed E-state index contributed by atoms with van der Waals surface area (Å²) in [5.74, 6) is 0.218. The van der Waals surface area contributed by atoms with Gasteiger partial charge in [-0.2, -0.15) is 0 Å². The average molecular weight is 419 g/mol. The minimum absolute atomic E-state index is 0.254. The molecule has 0 bridgehead atoms. The average Bonchev–Trinajstić information content (AvgIpc) is 2.73. The minimum atomic E-state index is -0.260. The van der Waals surface area contributed by atoms with Crippen LogP contribution in [0.3, 0.4) is 0 Å². The molecule has 0 heterocycles. The lowest BCUT2D eigenvalue weighted by Gasteiger charge is -2.12. The molecule has 0 aliphatic heterocycles. The Morgan fingerprint density at radius 1 is 0.633 bits per heavy atom. The van der Waals surface area contributed by atoms with Crippen LogP contribution in [0.4, 0.5) is 0 Å². The van der Waals surface area contributed by atoms with Crippen LogP contribution < -0.4 is 9.47 Å². The second-order valence-electron chi connectivity index (χ2n) is 8.16. The number of esters is 2. The Kier molecular flexibility index (Phi) is 14.8. The highest BCUT2D eigenvalue weighted by molar-refractivity contribution is 5.76. The monoisotopic (exact) mass is 418 g/mol. The van der Waals surface area contributed by atoms with E-state index in [-0.39, 0.29) is 11.9 Å². The first kappa shape index (κ1) is 26.2. The van der Waals surface area contributed by atoms with Gasteiger partial charge in [0.1, 0.15) is 0 Å². The van der Waals surface area contributed by atoms with Crippen LogP contribution in [0.2, 0.25) is 0 Å². The maximum atomic E-state index is 12.3. The van der Waals surface area contributed by atoms with E-state index in [4.69, 9.17) is 9.47 Å². The number of benzene rings is 1. The number of carbonyl (C=O) groups is 2. The van der Waals surface area contributed by atoms with Crippen LogP contribution in [-0.4, -0.2) is 11.9 Å². The molecule has 0 saturated carbocycles. The maximum Gasteiger partial charge on any atom is 0.311 e. The van der Waals surface area contributed by atoms with Crippen molar-refractivity contribution in [3.63, 3.8) is 0 Å². The Bertz CT molecular complexity index is 609. The summed E-state index contributed by atoms with van der Waals surface area (Å²) in [6.07, 6.45) is 14.7. The van der Waals surface area contributed by atoms with Crippen molar-refractivity contribution in [1.82, 2.24) is 0 Å². The van der Waals surface area contributed by atoms with E-state index in [9.17, 15) is 9.59 Å². The van der Waals surface area contributed by atoms with Crippen LogP contribution in [0.1, 0.15) is 116 Å². The van der Waals surface area contributed by atoms with E-state index in [2.05, 4.69) is 20.8 Å². The normalized spacial score (nSPS) is 10.8. The maximum absolute atomic E-state index is 12.3. The second-order valence-corrected chi connectivity index (χ2v) is 8.16. The molecule has 1 aromatic rings. The van der Waals surface area contributed by atoms with E-state index in [1.807, 2.05) is 12.1 Å². The first-order valence-electron chi connectivity index (χ1n) is 12.1. The SMILES string of the molecule is CCCCCCCC(=O)Oc1ccc(CCCC)cc1OC(=O)CCCCCCC. The van der Waals surface area contributed by atoms with E-state index < -0.39 is 0 Å². The van der Waals surface area contributed by atoms with E-state index in [0.717, 1.165) is 63.4 Å². The predicted molar refractivity (Wildman–Crippen MR) is 123 cm³/mol. The smallest absolute Gasteiger partial charge is 0.311 e. The van der Waals surface area contributed by atoms with Crippen LogP contribution in [0.25, 0.3) is 0 Å². The number of rotatable bonds is 17. The summed E-state index contributed by atoms with van der Waals surface area (Å²) in [5, 5.41) is 0. The Balaban J connectivity index is 2.65. The Morgan fingerprint density at radius 3 is 1.67 bits per heavy atom. The molecule has 30 heavy (non-hydrogen) atoms. The van der Waals surface area contributed by atoms with Crippen LogP contribution in [-0.2, 0) is 16.0 Å². The number of ether oxygens (including phenoxy) is 2. The summed E-state index contributed by atoms with van der Waals surface area (Å²) in [4.78, 5) is 24.6. The van der Waals surface area contributed by atoms with Crippen molar-refractivity contribution in [2.24, 2.45) is 0 Å². The van der Waals surface area contributed by atoms with Crippen molar-refractivity contribution >= 4 is 11.9 Å². The van der Waals surface area contributed by atoms with Crippen LogP contribution in [0.15, 0.2) is 18.2 Å². The topological polar surface area (TPSA) is 52.6 Å². The van der Waals surface area contributed by atoms with Gasteiger partial charge in [0.25, 0.3) is 0 Å². The number of unbranched alkanes of at least 4 members (excludes halogenated alkanes) is 9. The second kappa shape index (κ2) is 16.9. The molecule has 0 N–H and O–H groups in total. The molecule has 0 aliphatic rings. The van der Waals surface area contributed by atoms with E-state index in [0.29, 0.717) is 24.3 Å². The molecule has 0 saturated heterocycles. The number of hydrogen-bond donors (Lipinski definition) is 0.